The minimum atomic E-state index is -0.541. The number of hydrogen-bond donors (Lipinski definition) is 1. The van der Waals surface area contributed by atoms with Crippen LogP contribution in [0.25, 0.3) is 0 Å². The van der Waals surface area contributed by atoms with E-state index in [0.29, 0.717) is 19.5 Å². The third-order valence-corrected chi connectivity index (χ3v) is 2.57. The van der Waals surface area contributed by atoms with Gasteiger partial charge in [0.15, 0.2) is 0 Å². The van der Waals surface area contributed by atoms with Crippen molar-refractivity contribution in [2.24, 2.45) is 5.92 Å². The molecule has 1 aliphatic heterocycles. The number of rotatable bonds is 2. The third-order valence-electron chi connectivity index (χ3n) is 2.57. The highest BCUT2D eigenvalue weighted by Crippen LogP contribution is 2.14. The van der Waals surface area contributed by atoms with Crippen molar-refractivity contribution in [1.82, 2.24) is 4.90 Å². The first-order chi connectivity index (χ1) is 6.69. The minimum absolute atomic E-state index is 0.131. The number of aliphatic hydroxyl groups is 1. The van der Waals surface area contributed by atoms with Gasteiger partial charge < -0.3 is 10.0 Å². The first-order valence-corrected chi connectivity index (χ1v) is 5.05. The maximum absolute atomic E-state index is 11.7. The average molecular weight is 196 g/mol. The lowest BCUT2D eigenvalue weighted by atomic mass is 10.0. The van der Waals surface area contributed by atoms with Crippen molar-refractivity contribution in [2.75, 3.05) is 13.1 Å². The lowest BCUT2D eigenvalue weighted by Crippen LogP contribution is -2.44. The topological polar surface area (TPSA) is 64.3 Å². The number of nitrogens with zero attached hydrogens (tertiary/aromatic N) is 2. The van der Waals surface area contributed by atoms with Crippen molar-refractivity contribution < 1.29 is 9.90 Å². The van der Waals surface area contributed by atoms with Crippen LogP contribution in [0.3, 0.4) is 0 Å². The Hall–Kier alpha value is -1.08. The fourth-order valence-electron chi connectivity index (χ4n) is 1.70. The van der Waals surface area contributed by atoms with Crippen molar-refractivity contribution in [3.8, 4) is 6.07 Å². The summed E-state index contributed by atoms with van der Waals surface area (Å²) in [7, 11) is 0. The number of aliphatic hydroxyl groups excluding tert-OH is 1. The van der Waals surface area contributed by atoms with Gasteiger partial charge in [0, 0.05) is 13.1 Å². The minimum Gasteiger partial charge on any atom is -0.391 e. The molecule has 0 saturated carbocycles. The zero-order valence-corrected chi connectivity index (χ0v) is 8.44. The molecule has 1 amide bonds. The fraction of sp³-hybridized carbons (Fsp3) is 0.800. The molecular formula is C10H16N2O2. The van der Waals surface area contributed by atoms with Gasteiger partial charge >= 0.3 is 0 Å². The molecule has 4 heteroatoms. The Kier molecular flexibility index (Phi) is 3.90. The van der Waals surface area contributed by atoms with E-state index in [-0.39, 0.29) is 5.91 Å². The van der Waals surface area contributed by atoms with E-state index in [2.05, 4.69) is 0 Å². The highest BCUT2D eigenvalue weighted by Gasteiger charge is 2.26. The van der Waals surface area contributed by atoms with Crippen molar-refractivity contribution in [1.29, 1.82) is 5.26 Å². The van der Waals surface area contributed by atoms with E-state index in [1.807, 2.05) is 13.0 Å². The van der Waals surface area contributed by atoms with Crippen LogP contribution in [0.15, 0.2) is 0 Å². The monoisotopic (exact) mass is 196 g/mol. The third kappa shape index (κ3) is 2.46. The molecule has 0 aromatic carbocycles. The Morgan fingerprint density at radius 2 is 2.50 bits per heavy atom. The van der Waals surface area contributed by atoms with E-state index in [0.717, 1.165) is 12.8 Å². The zero-order valence-electron chi connectivity index (χ0n) is 8.44. The van der Waals surface area contributed by atoms with E-state index in [4.69, 9.17) is 5.26 Å². The summed E-state index contributed by atoms with van der Waals surface area (Å²) in [6.07, 6.45) is 1.72. The second kappa shape index (κ2) is 4.97. The number of likely N-dealkylation sites (tertiary alicyclic amines) is 1. The predicted octanol–water partition coefficient (Wildman–Crippen LogP) is 0.519. The zero-order chi connectivity index (χ0) is 10.6. The number of nitriles is 1. The average Bonchev–Trinajstić information content (AvgIpc) is 2.19. The molecule has 1 unspecified atom stereocenters. The summed E-state index contributed by atoms with van der Waals surface area (Å²) in [6, 6.07) is 1.99. The molecule has 14 heavy (non-hydrogen) atoms. The molecule has 1 aliphatic rings. The molecule has 4 nitrogen and oxygen atoms in total. The van der Waals surface area contributed by atoms with Crippen LogP contribution in [0.2, 0.25) is 0 Å². The Balaban J connectivity index is 2.55. The van der Waals surface area contributed by atoms with Crippen molar-refractivity contribution in [2.45, 2.75) is 32.3 Å². The standard InChI is InChI=1S/C10H16N2O2/c1-2-8(6-11)10(14)12-5-3-4-9(13)7-12/h8-9,13H,2-5,7H2,1H3/t8?,9-/m0/s1. The number of amides is 1. The number of β-amino-alcohol motifs (C(OH)–C–C–N with tert-alkyl or cyclic N) is 1. The molecule has 0 spiro atoms. The van der Waals surface area contributed by atoms with Gasteiger partial charge in [-0.25, -0.2) is 0 Å². The van der Waals surface area contributed by atoms with Crippen LogP contribution in [0.1, 0.15) is 26.2 Å². The van der Waals surface area contributed by atoms with Gasteiger partial charge in [0.2, 0.25) is 5.91 Å². The molecule has 0 aromatic heterocycles. The fourth-order valence-corrected chi connectivity index (χ4v) is 1.70. The Labute approximate surface area is 84.1 Å². The second-order valence-electron chi connectivity index (χ2n) is 3.67. The summed E-state index contributed by atoms with van der Waals surface area (Å²) in [5.74, 6) is -0.672. The van der Waals surface area contributed by atoms with Gasteiger partial charge in [-0.1, -0.05) is 6.92 Å². The molecule has 0 radical (unpaired) electrons. The molecule has 0 bridgehead atoms. The van der Waals surface area contributed by atoms with E-state index >= 15 is 0 Å². The van der Waals surface area contributed by atoms with Gasteiger partial charge in [0.1, 0.15) is 5.92 Å². The van der Waals surface area contributed by atoms with Crippen LogP contribution in [-0.2, 0) is 4.79 Å². The summed E-state index contributed by atoms with van der Waals surface area (Å²) < 4.78 is 0. The van der Waals surface area contributed by atoms with Crippen molar-refractivity contribution in [3.05, 3.63) is 0 Å². The molecule has 0 aliphatic carbocycles. The highest BCUT2D eigenvalue weighted by molar-refractivity contribution is 5.81. The van der Waals surface area contributed by atoms with E-state index in [1.54, 1.807) is 4.90 Å². The van der Waals surface area contributed by atoms with Gasteiger partial charge in [-0.2, -0.15) is 5.26 Å². The summed E-state index contributed by atoms with van der Waals surface area (Å²) in [6.45, 7) is 2.89. The molecule has 78 valence electrons. The van der Waals surface area contributed by atoms with Gasteiger partial charge in [0.25, 0.3) is 0 Å². The van der Waals surface area contributed by atoms with Gasteiger partial charge in [0.05, 0.1) is 12.2 Å². The molecule has 1 fully saturated rings. The van der Waals surface area contributed by atoms with Crippen molar-refractivity contribution >= 4 is 5.91 Å². The predicted molar refractivity (Wildman–Crippen MR) is 51.2 cm³/mol. The Morgan fingerprint density at radius 1 is 1.79 bits per heavy atom. The van der Waals surface area contributed by atoms with E-state index in [9.17, 15) is 9.90 Å². The summed E-state index contributed by atoms with van der Waals surface area (Å²) in [5.41, 5.74) is 0. The van der Waals surface area contributed by atoms with Crippen LogP contribution in [-0.4, -0.2) is 35.1 Å². The van der Waals surface area contributed by atoms with Crippen LogP contribution >= 0.6 is 0 Å². The molecule has 0 aromatic rings. The van der Waals surface area contributed by atoms with Crippen LogP contribution in [0, 0.1) is 17.2 Å². The molecule has 1 saturated heterocycles. The second-order valence-corrected chi connectivity index (χ2v) is 3.67. The van der Waals surface area contributed by atoms with Gasteiger partial charge in [-0.3, -0.25) is 4.79 Å². The number of carbonyl (C=O) groups is 1. The molecular weight excluding hydrogens is 180 g/mol. The smallest absolute Gasteiger partial charge is 0.240 e. The molecule has 1 heterocycles. The molecule has 1 rings (SSSR count). The maximum atomic E-state index is 11.7. The molecule has 1 N–H and O–H groups in total. The number of carbonyl (C=O) groups excluding carboxylic acids is 1. The summed E-state index contributed by atoms with van der Waals surface area (Å²) in [4.78, 5) is 13.3. The SMILES string of the molecule is CCC(C#N)C(=O)N1CCC[C@H](O)C1. The van der Waals surface area contributed by atoms with Crippen LogP contribution < -0.4 is 0 Å². The van der Waals surface area contributed by atoms with Crippen LogP contribution in [0.4, 0.5) is 0 Å². The Morgan fingerprint density at radius 3 is 3.00 bits per heavy atom. The lowest BCUT2D eigenvalue weighted by Gasteiger charge is -2.31. The number of piperidine rings is 1. The lowest BCUT2D eigenvalue weighted by molar-refractivity contribution is -0.136. The van der Waals surface area contributed by atoms with E-state index in [1.165, 1.54) is 0 Å². The summed E-state index contributed by atoms with van der Waals surface area (Å²) in [5, 5.41) is 18.1. The summed E-state index contributed by atoms with van der Waals surface area (Å²) >= 11 is 0. The molecule has 2 atom stereocenters. The largest absolute Gasteiger partial charge is 0.391 e. The number of hydrogen-bond acceptors (Lipinski definition) is 3. The van der Waals surface area contributed by atoms with Gasteiger partial charge in [-0.05, 0) is 19.3 Å². The first-order valence-electron chi connectivity index (χ1n) is 5.05. The maximum Gasteiger partial charge on any atom is 0.240 e. The first kappa shape index (κ1) is 11.0. The van der Waals surface area contributed by atoms with Gasteiger partial charge in [-0.15, -0.1) is 0 Å². The highest BCUT2D eigenvalue weighted by atomic mass is 16.3. The van der Waals surface area contributed by atoms with Crippen LogP contribution in [0.5, 0.6) is 0 Å². The van der Waals surface area contributed by atoms with E-state index < -0.39 is 12.0 Å². The normalized spacial score (nSPS) is 24.1. The Bertz CT molecular complexity index is 247. The quantitative estimate of drug-likeness (QED) is 0.700. The van der Waals surface area contributed by atoms with Crippen molar-refractivity contribution in [3.63, 3.8) is 0 Å².